The zero-order valence-electron chi connectivity index (χ0n) is 11.2. The number of allylic oxidation sites excluding steroid dienone is 1. The van der Waals surface area contributed by atoms with E-state index in [9.17, 15) is 0 Å². The minimum Gasteiger partial charge on any atom is -0.256 e. The molecular weight excluding hydrogens is 206 g/mol. The predicted octanol–water partition coefficient (Wildman–Crippen LogP) is 4.86. The van der Waals surface area contributed by atoms with Crippen molar-refractivity contribution in [2.75, 3.05) is 0 Å². The molecular formula is C16H21N. The Morgan fingerprint density at radius 3 is 2.59 bits per heavy atom. The van der Waals surface area contributed by atoms with Crippen molar-refractivity contribution in [3.8, 4) is 0 Å². The van der Waals surface area contributed by atoms with Crippen molar-refractivity contribution in [2.24, 2.45) is 0 Å². The maximum absolute atomic E-state index is 4.46. The van der Waals surface area contributed by atoms with E-state index in [4.69, 9.17) is 0 Å². The summed E-state index contributed by atoms with van der Waals surface area (Å²) in [4.78, 5) is 4.46. The van der Waals surface area contributed by atoms with Gasteiger partial charge < -0.3 is 0 Å². The van der Waals surface area contributed by atoms with E-state index in [0.717, 1.165) is 11.9 Å². The Kier molecular flexibility index (Phi) is 5.41. The van der Waals surface area contributed by atoms with Gasteiger partial charge >= 0.3 is 0 Å². The van der Waals surface area contributed by atoms with Gasteiger partial charge in [0.1, 0.15) is 0 Å². The number of pyridine rings is 1. The summed E-state index contributed by atoms with van der Waals surface area (Å²) < 4.78 is 0. The highest BCUT2D eigenvalue weighted by Gasteiger charge is 2.03. The molecule has 0 saturated carbocycles. The van der Waals surface area contributed by atoms with Crippen molar-refractivity contribution in [3.63, 3.8) is 0 Å². The second kappa shape index (κ2) is 6.85. The zero-order chi connectivity index (χ0) is 12.7. The topological polar surface area (TPSA) is 12.9 Å². The lowest BCUT2D eigenvalue weighted by Gasteiger charge is -2.07. The zero-order valence-corrected chi connectivity index (χ0v) is 11.2. The van der Waals surface area contributed by atoms with Crippen LogP contribution in [0.4, 0.5) is 0 Å². The average molecular weight is 227 g/mol. The number of fused-ring (bicyclic) bond motifs is 1. The Morgan fingerprint density at radius 1 is 1.18 bits per heavy atom. The lowest BCUT2D eigenvalue weighted by atomic mass is 10.0. The van der Waals surface area contributed by atoms with Gasteiger partial charge in [-0.15, -0.1) is 0 Å². The Morgan fingerprint density at radius 2 is 1.94 bits per heavy atom. The number of hydrogen-bond acceptors (Lipinski definition) is 1. The summed E-state index contributed by atoms with van der Waals surface area (Å²) in [6.07, 6.45) is 7.10. The maximum atomic E-state index is 4.46. The van der Waals surface area contributed by atoms with Gasteiger partial charge in [0.15, 0.2) is 0 Å². The molecule has 1 aromatic carbocycles. The third kappa shape index (κ3) is 2.94. The van der Waals surface area contributed by atoms with Gasteiger partial charge in [-0.2, -0.15) is 0 Å². The molecule has 2 rings (SSSR count). The first kappa shape index (κ1) is 13.4. The van der Waals surface area contributed by atoms with Crippen molar-refractivity contribution in [1.29, 1.82) is 0 Å². The third-order valence-electron chi connectivity index (χ3n) is 2.62. The summed E-state index contributed by atoms with van der Waals surface area (Å²) in [6, 6.07) is 8.40. The lowest BCUT2D eigenvalue weighted by Crippen LogP contribution is -1.91. The minimum absolute atomic E-state index is 1.02. The van der Waals surface area contributed by atoms with Crippen LogP contribution < -0.4 is 0 Å². The van der Waals surface area contributed by atoms with Gasteiger partial charge in [0.05, 0.1) is 5.52 Å². The number of aromatic nitrogens is 1. The van der Waals surface area contributed by atoms with Gasteiger partial charge in [0, 0.05) is 11.6 Å². The molecule has 0 amide bonds. The van der Waals surface area contributed by atoms with Crippen LogP contribution in [0.15, 0.2) is 36.5 Å². The molecule has 0 bridgehead atoms. The first-order valence-electron chi connectivity index (χ1n) is 6.36. The quantitative estimate of drug-likeness (QED) is 0.714. The molecule has 0 saturated heterocycles. The van der Waals surface area contributed by atoms with Gasteiger partial charge in [-0.3, -0.25) is 4.98 Å². The summed E-state index contributed by atoms with van der Waals surface area (Å²) in [5.41, 5.74) is 3.76. The standard InChI is InChI=1S/C14H15N.C2H6/c1-3-6-11-8-9-12-7-5-10-15-14(12)13(11)4-2;1-2/h3,5-10H,4H2,1-2H3;1-2H3/b6-3-;. The Bertz CT molecular complexity index is 498. The van der Waals surface area contributed by atoms with Crippen LogP contribution in [0.1, 0.15) is 38.8 Å². The molecule has 0 fully saturated rings. The molecule has 0 N–H and O–H groups in total. The summed E-state index contributed by atoms with van der Waals surface area (Å²) >= 11 is 0. The van der Waals surface area contributed by atoms with E-state index < -0.39 is 0 Å². The molecule has 1 heterocycles. The van der Waals surface area contributed by atoms with Crippen LogP contribution >= 0.6 is 0 Å². The summed E-state index contributed by atoms with van der Waals surface area (Å²) in [6.45, 7) is 8.22. The van der Waals surface area contributed by atoms with Crippen molar-refractivity contribution in [1.82, 2.24) is 4.98 Å². The molecule has 0 atom stereocenters. The molecule has 1 heteroatoms. The highest BCUT2D eigenvalue weighted by molar-refractivity contribution is 5.85. The van der Waals surface area contributed by atoms with E-state index in [2.05, 4.69) is 42.3 Å². The number of aryl methyl sites for hydroxylation is 1. The number of nitrogens with zero attached hydrogens (tertiary/aromatic N) is 1. The van der Waals surface area contributed by atoms with Crippen molar-refractivity contribution in [2.45, 2.75) is 34.1 Å². The van der Waals surface area contributed by atoms with Crippen LogP contribution in [-0.4, -0.2) is 4.98 Å². The number of rotatable bonds is 2. The summed E-state index contributed by atoms with van der Waals surface area (Å²) in [5, 5.41) is 1.22. The molecule has 1 aromatic heterocycles. The lowest BCUT2D eigenvalue weighted by molar-refractivity contribution is 1.14. The smallest absolute Gasteiger partial charge is 0.0739 e. The van der Waals surface area contributed by atoms with Crippen LogP contribution in [0.25, 0.3) is 17.0 Å². The van der Waals surface area contributed by atoms with E-state index in [1.54, 1.807) is 0 Å². The number of hydrogen-bond donors (Lipinski definition) is 0. The van der Waals surface area contributed by atoms with Crippen LogP contribution in [0.2, 0.25) is 0 Å². The van der Waals surface area contributed by atoms with Crippen molar-refractivity contribution < 1.29 is 0 Å². The van der Waals surface area contributed by atoms with Crippen LogP contribution in [0.5, 0.6) is 0 Å². The fourth-order valence-electron chi connectivity index (χ4n) is 1.93. The van der Waals surface area contributed by atoms with Crippen LogP contribution in [0.3, 0.4) is 0 Å². The highest BCUT2D eigenvalue weighted by atomic mass is 14.6. The van der Waals surface area contributed by atoms with Gasteiger partial charge in [0.25, 0.3) is 0 Å². The highest BCUT2D eigenvalue weighted by Crippen LogP contribution is 2.22. The molecule has 1 nitrogen and oxygen atoms in total. The van der Waals surface area contributed by atoms with E-state index in [0.29, 0.717) is 0 Å². The first-order chi connectivity index (χ1) is 8.36. The van der Waals surface area contributed by atoms with E-state index >= 15 is 0 Å². The second-order valence-corrected chi connectivity index (χ2v) is 3.56. The minimum atomic E-state index is 1.02. The fraction of sp³-hybridized carbons (Fsp3) is 0.312. The van der Waals surface area contributed by atoms with Crippen LogP contribution in [-0.2, 0) is 6.42 Å². The monoisotopic (exact) mass is 227 g/mol. The molecule has 0 aliphatic rings. The van der Waals surface area contributed by atoms with Gasteiger partial charge in [0.2, 0.25) is 0 Å². The van der Waals surface area contributed by atoms with Crippen LogP contribution in [0, 0.1) is 0 Å². The Hall–Kier alpha value is -1.63. The summed E-state index contributed by atoms with van der Waals surface area (Å²) in [5.74, 6) is 0. The average Bonchev–Trinajstić information content (AvgIpc) is 2.41. The fourth-order valence-corrected chi connectivity index (χ4v) is 1.93. The van der Waals surface area contributed by atoms with Gasteiger partial charge in [-0.05, 0) is 30.5 Å². The Balaban J connectivity index is 0.000000686. The largest absolute Gasteiger partial charge is 0.256 e. The van der Waals surface area contributed by atoms with E-state index in [-0.39, 0.29) is 0 Å². The number of benzene rings is 1. The second-order valence-electron chi connectivity index (χ2n) is 3.56. The van der Waals surface area contributed by atoms with E-state index in [1.807, 2.05) is 33.0 Å². The van der Waals surface area contributed by atoms with Crippen molar-refractivity contribution in [3.05, 3.63) is 47.7 Å². The molecule has 0 radical (unpaired) electrons. The molecule has 17 heavy (non-hydrogen) atoms. The summed E-state index contributed by atoms with van der Waals surface area (Å²) in [7, 11) is 0. The molecule has 0 aliphatic heterocycles. The molecule has 0 aliphatic carbocycles. The maximum Gasteiger partial charge on any atom is 0.0739 e. The predicted molar refractivity (Wildman–Crippen MR) is 77.2 cm³/mol. The normalized spacial score (nSPS) is 10.4. The molecule has 0 spiro atoms. The molecule has 2 aromatic rings. The SMILES string of the molecule is C/C=C\c1ccc2cccnc2c1CC.CC. The molecule has 0 unspecified atom stereocenters. The van der Waals surface area contributed by atoms with E-state index in [1.165, 1.54) is 16.5 Å². The van der Waals surface area contributed by atoms with Gasteiger partial charge in [-0.1, -0.05) is 51.1 Å². The third-order valence-corrected chi connectivity index (χ3v) is 2.62. The molecule has 90 valence electrons. The van der Waals surface area contributed by atoms with Crippen molar-refractivity contribution >= 4 is 17.0 Å². The van der Waals surface area contributed by atoms with Gasteiger partial charge in [-0.25, -0.2) is 0 Å². The first-order valence-corrected chi connectivity index (χ1v) is 6.36. The Labute approximate surface area is 104 Å².